The third-order valence-corrected chi connectivity index (χ3v) is 4.53. The Balaban J connectivity index is 0.00000256. The minimum atomic E-state index is 0. The first-order chi connectivity index (χ1) is 7.69. The first kappa shape index (κ1) is 17.1. The summed E-state index contributed by atoms with van der Waals surface area (Å²) in [5, 5.41) is 0.764. The molecule has 0 spiro atoms. The zero-order valence-corrected chi connectivity index (χ0v) is 12.5. The molecule has 17 heavy (non-hydrogen) atoms. The van der Waals surface area contributed by atoms with Crippen molar-refractivity contribution in [3.63, 3.8) is 0 Å². The molecule has 0 aromatic rings. The van der Waals surface area contributed by atoms with E-state index in [4.69, 9.17) is 5.73 Å². The van der Waals surface area contributed by atoms with Crippen LogP contribution in [0, 0.1) is 0 Å². The fourth-order valence-electron chi connectivity index (χ4n) is 2.29. The summed E-state index contributed by atoms with van der Waals surface area (Å²) in [4.78, 5) is 13.8. The molecule has 5 heteroatoms. The van der Waals surface area contributed by atoms with Crippen LogP contribution in [-0.2, 0) is 4.79 Å². The van der Waals surface area contributed by atoms with E-state index in [1.54, 1.807) is 0 Å². The predicted molar refractivity (Wildman–Crippen MR) is 77.9 cm³/mol. The van der Waals surface area contributed by atoms with E-state index in [0.29, 0.717) is 19.0 Å². The molecule has 2 unspecified atom stereocenters. The van der Waals surface area contributed by atoms with Crippen LogP contribution in [0.4, 0.5) is 0 Å². The summed E-state index contributed by atoms with van der Waals surface area (Å²) in [7, 11) is 1.95. The number of nitrogens with two attached hydrogens (primary N) is 1. The quantitative estimate of drug-likeness (QED) is 0.812. The minimum Gasteiger partial charge on any atom is -0.343 e. The second-order valence-corrected chi connectivity index (χ2v) is 6.02. The highest BCUT2D eigenvalue weighted by Gasteiger charge is 2.29. The third kappa shape index (κ3) is 5.49. The number of halogens is 1. The zero-order chi connectivity index (χ0) is 12.0. The molecule has 2 atom stereocenters. The van der Waals surface area contributed by atoms with Gasteiger partial charge in [-0.3, -0.25) is 4.79 Å². The smallest absolute Gasteiger partial charge is 0.222 e. The zero-order valence-electron chi connectivity index (χ0n) is 10.9. The Kier molecular flexibility index (Phi) is 9.10. The summed E-state index contributed by atoms with van der Waals surface area (Å²) in [6.45, 7) is 2.81. The second kappa shape index (κ2) is 9.06. The van der Waals surface area contributed by atoms with Crippen molar-refractivity contribution in [3.8, 4) is 0 Å². The maximum Gasteiger partial charge on any atom is 0.222 e. The van der Waals surface area contributed by atoms with Gasteiger partial charge >= 0.3 is 0 Å². The number of hydrogen-bond acceptors (Lipinski definition) is 3. The van der Waals surface area contributed by atoms with Gasteiger partial charge in [-0.25, -0.2) is 0 Å². The number of carbonyl (C=O) groups excluding carboxylic acids is 1. The van der Waals surface area contributed by atoms with Gasteiger partial charge in [-0.1, -0.05) is 6.92 Å². The van der Waals surface area contributed by atoms with Crippen molar-refractivity contribution in [1.29, 1.82) is 0 Å². The average Bonchev–Trinajstić information content (AvgIpc) is 2.74. The molecule has 1 aliphatic carbocycles. The van der Waals surface area contributed by atoms with Gasteiger partial charge < -0.3 is 10.6 Å². The SMILES string of the molecule is CCSC1CCC(N(C)C(=O)CCCN)C1.Cl. The van der Waals surface area contributed by atoms with Crippen LogP contribution >= 0.6 is 24.2 Å². The Morgan fingerprint density at radius 1 is 1.47 bits per heavy atom. The predicted octanol–water partition coefficient (Wildman–Crippen LogP) is 2.28. The van der Waals surface area contributed by atoms with Gasteiger partial charge in [0.15, 0.2) is 0 Å². The van der Waals surface area contributed by atoms with Gasteiger partial charge in [-0.15, -0.1) is 12.4 Å². The van der Waals surface area contributed by atoms with Crippen molar-refractivity contribution in [1.82, 2.24) is 4.90 Å². The largest absolute Gasteiger partial charge is 0.343 e. The topological polar surface area (TPSA) is 46.3 Å². The first-order valence-electron chi connectivity index (χ1n) is 6.26. The average molecular weight is 281 g/mol. The van der Waals surface area contributed by atoms with E-state index in [2.05, 4.69) is 6.92 Å². The lowest BCUT2D eigenvalue weighted by Gasteiger charge is -2.24. The molecule has 0 aromatic carbocycles. The second-order valence-electron chi connectivity index (χ2n) is 4.44. The molecule has 2 N–H and O–H groups in total. The normalized spacial score (nSPS) is 23.2. The lowest BCUT2D eigenvalue weighted by Crippen LogP contribution is -2.35. The molecule has 1 rings (SSSR count). The van der Waals surface area contributed by atoms with Gasteiger partial charge in [0.2, 0.25) is 5.91 Å². The van der Waals surface area contributed by atoms with E-state index < -0.39 is 0 Å². The Bertz CT molecular complexity index is 229. The van der Waals surface area contributed by atoms with Crippen molar-refractivity contribution in [2.45, 2.75) is 50.3 Å². The summed E-state index contributed by atoms with van der Waals surface area (Å²) in [5.74, 6) is 1.44. The molecule has 0 radical (unpaired) electrons. The lowest BCUT2D eigenvalue weighted by molar-refractivity contribution is -0.131. The molecular formula is C12H25ClN2OS. The summed E-state index contributed by atoms with van der Waals surface area (Å²) in [5.41, 5.74) is 5.42. The molecule has 102 valence electrons. The highest BCUT2D eigenvalue weighted by molar-refractivity contribution is 7.99. The van der Waals surface area contributed by atoms with E-state index in [0.717, 1.165) is 11.7 Å². The van der Waals surface area contributed by atoms with Crippen molar-refractivity contribution < 1.29 is 4.79 Å². The van der Waals surface area contributed by atoms with Crippen molar-refractivity contribution in [2.75, 3.05) is 19.3 Å². The number of nitrogens with zero attached hydrogens (tertiary/aromatic N) is 1. The van der Waals surface area contributed by atoms with Crippen LogP contribution in [0.25, 0.3) is 0 Å². The molecule has 1 fully saturated rings. The molecule has 0 aromatic heterocycles. The summed E-state index contributed by atoms with van der Waals surface area (Å²) >= 11 is 2.03. The number of rotatable bonds is 6. The van der Waals surface area contributed by atoms with E-state index in [-0.39, 0.29) is 18.3 Å². The molecule has 1 amide bonds. The van der Waals surface area contributed by atoms with Crippen LogP contribution in [0.2, 0.25) is 0 Å². The molecular weight excluding hydrogens is 256 g/mol. The van der Waals surface area contributed by atoms with E-state index in [9.17, 15) is 4.79 Å². The maximum absolute atomic E-state index is 11.8. The molecule has 3 nitrogen and oxygen atoms in total. The van der Waals surface area contributed by atoms with Gasteiger partial charge in [-0.05, 0) is 38.0 Å². The van der Waals surface area contributed by atoms with Crippen molar-refractivity contribution in [3.05, 3.63) is 0 Å². The highest BCUT2D eigenvalue weighted by Crippen LogP contribution is 2.32. The molecule has 1 aliphatic rings. The molecule has 1 saturated carbocycles. The van der Waals surface area contributed by atoms with Crippen LogP contribution in [-0.4, -0.2) is 41.4 Å². The summed E-state index contributed by atoms with van der Waals surface area (Å²) < 4.78 is 0. The van der Waals surface area contributed by atoms with Gasteiger partial charge in [0.05, 0.1) is 0 Å². The fraction of sp³-hybridized carbons (Fsp3) is 0.917. The summed E-state index contributed by atoms with van der Waals surface area (Å²) in [6.07, 6.45) is 5.02. The Labute approximate surface area is 115 Å². The van der Waals surface area contributed by atoms with Crippen LogP contribution in [0.15, 0.2) is 0 Å². The maximum atomic E-state index is 11.8. The van der Waals surface area contributed by atoms with E-state index >= 15 is 0 Å². The van der Waals surface area contributed by atoms with Crippen molar-refractivity contribution in [2.24, 2.45) is 5.73 Å². The van der Waals surface area contributed by atoms with Crippen LogP contribution in [0.5, 0.6) is 0 Å². The highest BCUT2D eigenvalue weighted by atomic mass is 35.5. The van der Waals surface area contributed by atoms with Crippen LogP contribution in [0.3, 0.4) is 0 Å². The lowest BCUT2D eigenvalue weighted by atomic mass is 10.2. The van der Waals surface area contributed by atoms with Crippen LogP contribution < -0.4 is 5.73 Å². The monoisotopic (exact) mass is 280 g/mol. The van der Waals surface area contributed by atoms with Gasteiger partial charge in [0.1, 0.15) is 0 Å². The third-order valence-electron chi connectivity index (χ3n) is 3.30. The molecule has 0 saturated heterocycles. The fourth-order valence-corrected chi connectivity index (χ4v) is 3.42. The van der Waals surface area contributed by atoms with Crippen molar-refractivity contribution >= 4 is 30.1 Å². The van der Waals surface area contributed by atoms with Gasteiger partial charge in [0.25, 0.3) is 0 Å². The Morgan fingerprint density at radius 2 is 2.18 bits per heavy atom. The molecule has 0 bridgehead atoms. The number of hydrogen-bond donors (Lipinski definition) is 1. The number of amides is 1. The molecule has 0 heterocycles. The Morgan fingerprint density at radius 3 is 2.76 bits per heavy atom. The molecule has 0 aliphatic heterocycles. The van der Waals surface area contributed by atoms with Gasteiger partial charge in [-0.2, -0.15) is 11.8 Å². The number of thioether (sulfide) groups is 1. The van der Waals surface area contributed by atoms with E-state index in [1.165, 1.54) is 25.0 Å². The minimum absolute atomic E-state index is 0. The number of carbonyl (C=O) groups is 1. The Hall–Kier alpha value is 0.0700. The van der Waals surface area contributed by atoms with Crippen LogP contribution in [0.1, 0.15) is 39.0 Å². The standard InChI is InChI=1S/C12H24N2OS.ClH/c1-3-16-11-7-6-10(9-11)14(2)12(15)5-4-8-13;/h10-11H,3-9,13H2,1-2H3;1H. The van der Waals surface area contributed by atoms with Gasteiger partial charge in [0, 0.05) is 24.8 Å². The van der Waals surface area contributed by atoms with E-state index in [1.807, 2.05) is 23.7 Å². The first-order valence-corrected chi connectivity index (χ1v) is 7.31. The summed E-state index contributed by atoms with van der Waals surface area (Å²) in [6, 6.07) is 0.467.